The number of pyridine rings is 1. The molecule has 230 valence electrons. The number of nitrogens with zero attached hydrogens (tertiary/aromatic N) is 3. The van der Waals surface area contributed by atoms with Crippen molar-refractivity contribution in [1.82, 2.24) is 9.88 Å². The van der Waals surface area contributed by atoms with Crippen molar-refractivity contribution < 1.29 is 46.2 Å². The van der Waals surface area contributed by atoms with E-state index in [1.54, 1.807) is 33.2 Å². The number of aromatic nitrogens is 1. The number of ether oxygens (including phenoxy) is 1. The number of methoxy groups -OCH3 is 1. The van der Waals surface area contributed by atoms with E-state index in [4.69, 9.17) is 14.6 Å². The topological polar surface area (TPSA) is 112 Å². The van der Waals surface area contributed by atoms with Crippen LogP contribution in [0.1, 0.15) is 26.3 Å². The molecule has 0 spiro atoms. The molecule has 0 aliphatic carbocycles. The Labute approximate surface area is 247 Å². The normalized spacial score (nSPS) is 14.7. The number of urea groups is 1. The van der Waals surface area contributed by atoms with Crippen LogP contribution in [0.25, 0.3) is 0 Å². The van der Waals surface area contributed by atoms with Gasteiger partial charge in [-0.05, 0) is 67.9 Å². The van der Waals surface area contributed by atoms with Crippen LogP contribution in [0.5, 0.6) is 5.75 Å². The van der Waals surface area contributed by atoms with Gasteiger partial charge in [-0.25, -0.2) is 19.5 Å². The summed E-state index contributed by atoms with van der Waals surface area (Å²) in [7, 11) is 1.59. The number of carboxylic acid groups (broad SMARTS) is 1. The smallest absolute Gasteiger partial charge is 0.490 e. The molecule has 1 saturated heterocycles. The van der Waals surface area contributed by atoms with Crippen molar-refractivity contribution in [1.29, 1.82) is 0 Å². The monoisotopic (exact) mass is 626 g/mol. The van der Waals surface area contributed by atoms with Crippen LogP contribution in [0.2, 0.25) is 0 Å². The first-order valence-electron chi connectivity index (χ1n) is 12.4. The van der Waals surface area contributed by atoms with Gasteiger partial charge in [-0.2, -0.15) is 22.0 Å². The number of hydrogen-bond acceptors (Lipinski definition) is 7. The molecule has 0 atom stereocenters. The first-order valence-corrected chi connectivity index (χ1v) is 13.2. The molecule has 3 amide bonds. The lowest BCUT2D eigenvalue weighted by atomic mass is 10.0. The fraction of sp³-hybridized carbons (Fsp3) is 0.286. The van der Waals surface area contributed by atoms with E-state index in [1.807, 2.05) is 30.3 Å². The van der Waals surface area contributed by atoms with Crippen molar-refractivity contribution in [3.05, 3.63) is 72.4 Å². The fourth-order valence-electron chi connectivity index (χ4n) is 3.87. The van der Waals surface area contributed by atoms with E-state index in [0.29, 0.717) is 33.9 Å². The number of thioether (sulfide) groups is 1. The van der Waals surface area contributed by atoms with E-state index in [1.165, 1.54) is 29.2 Å². The number of anilines is 3. The summed E-state index contributed by atoms with van der Waals surface area (Å²) in [6, 6.07) is 16.5. The number of imide groups is 1. The molecule has 2 aromatic carbocycles. The summed E-state index contributed by atoms with van der Waals surface area (Å²) in [6.07, 6.45) is -3.45. The van der Waals surface area contributed by atoms with Crippen molar-refractivity contribution in [2.24, 2.45) is 0 Å². The van der Waals surface area contributed by atoms with Crippen molar-refractivity contribution in [3.8, 4) is 5.75 Å². The lowest BCUT2D eigenvalue weighted by Gasteiger charge is -2.27. The highest BCUT2D eigenvalue weighted by molar-refractivity contribution is 8.00. The van der Waals surface area contributed by atoms with Crippen LogP contribution in [0.4, 0.5) is 43.9 Å². The third kappa shape index (κ3) is 8.56. The van der Waals surface area contributed by atoms with Gasteiger partial charge in [0.2, 0.25) is 0 Å². The number of amides is 3. The zero-order valence-corrected chi connectivity index (χ0v) is 24.1. The molecule has 4 rings (SSSR count). The maximum Gasteiger partial charge on any atom is 0.490 e. The van der Waals surface area contributed by atoms with Gasteiger partial charge in [-0.15, -0.1) is 0 Å². The number of alkyl halides is 5. The number of carbonyl (C=O) groups is 3. The van der Waals surface area contributed by atoms with Gasteiger partial charge in [0, 0.05) is 36.3 Å². The minimum atomic E-state index is -5.08. The highest BCUT2D eigenvalue weighted by Crippen LogP contribution is 2.38. The second-order valence-electron chi connectivity index (χ2n) is 9.68. The van der Waals surface area contributed by atoms with E-state index < -0.39 is 34.9 Å². The molecular formula is C28H27F5N4O5S. The Balaban J connectivity index is 0.000000646. The number of hydrogen-bond donors (Lipinski definition) is 2. The molecular weight excluding hydrogens is 599 g/mol. The highest BCUT2D eigenvalue weighted by Gasteiger charge is 2.51. The molecule has 1 fully saturated rings. The van der Waals surface area contributed by atoms with Crippen LogP contribution in [-0.4, -0.2) is 57.0 Å². The molecule has 1 aromatic heterocycles. The predicted octanol–water partition coefficient (Wildman–Crippen LogP) is 6.92. The van der Waals surface area contributed by atoms with Gasteiger partial charge in [-0.1, -0.05) is 17.8 Å². The summed E-state index contributed by atoms with van der Waals surface area (Å²) in [4.78, 5) is 42.7. The number of benzene rings is 2. The van der Waals surface area contributed by atoms with E-state index in [9.17, 15) is 31.5 Å². The summed E-state index contributed by atoms with van der Waals surface area (Å²) in [5.74, 6) is -1.87. The Hall–Kier alpha value is -4.40. The van der Waals surface area contributed by atoms with Crippen LogP contribution < -0.4 is 15.0 Å². The number of carboxylic acids is 1. The molecule has 1 aliphatic rings. The average Bonchev–Trinajstić information content (AvgIpc) is 3.07. The Kier molecular flexibility index (Phi) is 9.90. The number of carbonyl (C=O) groups excluding carboxylic acids is 2. The second kappa shape index (κ2) is 12.9. The van der Waals surface area contributed by atoms with Crippen molar-refractivity contribution in [2.45, 2.75) is 49.2 Å². The molecule has 0 saturated carbocycles. The Morgan fingerprint density at radius 2 is 1.67 bits per heavy atom. The molecule has 0 bridgehead atoms. The maximum atomic E-state index is 13.4. The first kappa shape index (κ1) is 33.1. The van der Waals surface area contributed by atoms with Gasteiger partial charge in [0.05, 0.1) is 12.8 Å². The zero-order chi connectivity index (χ0) is 32.2. The summed E-state index contributed by atoms with van der Waals surface area (Å²) in [5, 5.41) is 7.41. The van der Waals surface area contributed by atoms with Crippen molar-refractivity contribution in [2.75, 3.05) is 17.3 Å². The second-order valence-corrected chi connectivity index (χ2v) is 11.1. The van der Waals surface area contributed by atoms with E-state index in [2.05, 4.69) is 10.3 Å². The molecule has 15 heteroatoms. The quantitative estimate of drug-likeness (QED) is 0.158. The summed E-state index contributed by atoms with van der Waals surface area (Å²) >= 11 is 0.409. The van der Waals surface area contributed by atoms with Gasteiger partial charge in [0.1, 0.15) is 17.1 Å². The van der Waals surface area contributed by atoms with Gasteiger partial charge < -0.3 is 20.1 Å². The molecule has 0 radical (unpaired) electrons. The highest BCUT2D eigenvalue weighted by atomic mass is 32.2. The maximum absolute atomic E-state index is 13.4. The van der Waals surface area contributed by atoms with Crippen molar-refractivity contribution >= 4 is 46.9 Å². The zero-order valence-electron chi connectivity index (χ0n) is 23.3. The number of halogens is 5. The van der Waals surface area contributed by atoms with Crippen molar-refractivity contribution in [3.63, 3.8) is 0 Å². The molecule has 9 nitrogen and oxygen atoms in total. The lowest BCUT2D eigenvalue weighted by molar-refractivity contribution is -0.192. The number of aliphatic carboxylic acids is 1. The summed E-state index contributed by atoms with van der Waals surface area (Å²) < 4.78 is 63.6. The van der Waals surface area contributed by atoms with Gasteiger partial charge in [0.25, 0.3) is 11.2 Å². The first-order chi connectivity index (χ1) is 19.9. The fourth-order valence-corrected chi connectivity index (χ4v) is 4.56. The molecule has 0 unspecified atom stereocenters. The molecule has 1 aliphatic heterocycles. The Morgan fingerprint density at radius 3 is 2.23 bits per heavy atom. The summed E-state index contributed by atoms with van der Waals surface area (Å²) in [5.41, 5.74) is 0.799. The van der Waals surface area contributed by atoms with Crippen LogP contribution >= 0.6 is 11.8 Å². The average molecular weight is 627 g/mol. The van der Waals surface area contributed by atoms with E-state index in [0.717, 1.165) is 23.1 Å². The van der Waals surface area contributed by atoms with Crippen LogP contribution in [0, 0.1) is 0 Å². The minimum absolute atomic E-state index is 0.180. The Bertz CT molecular complexity index is 1480. The molecule has 43 heavy (non-hydrogen) atoms. The van der Waals surface area contributed by atoms with Gasteiger partial charge >= 0.3 is 18.2 Å². The standard InChI is InChI=1S/C26H26F2N4O3S.C2HF3O2/c1-25(2)23(33)32(19-8-10-21(11-9-19)36-26(3,27)28)24(34)31(25)16-17-12-13-29-22(14-17)30-18-6-5-7-20(15-18)35-4;3-2(4,5)1(6)7/h5-15H,16H2,1-4H3,(H,29,30);(H,6,7). The van der Waals surface area contributed by atoms with E-state index in [-0.39, 0.29) is 6.54 Å². The number of rotatable bonds is 8. The van der Waals surface area contributed by atoms with E-state index >= 15 is 0 Å². The largest absolute Gasteiger partial charge is 0.497 e. The predicted molar refractivity (Wildman–Crippen MR) is 150 cm³/mol. The third-order valence-corrected chi connectivity index (χ3v) is 6.83. The minimum Gasteiger partial charge on any atom is -0.497 e. The number of nitrogens with one attached hydrogen (secondary N) is 1. The lowest BCUT2D eigenvalue weighted by Crippen LogP contribution is -2.43. The summed E-state index contributed by atoms with van der Waals surface area (Å²) in [6.45, 7) is 4.37. The molecule has 2 N–H and O–H groups in total. The van der Waals surface area contributed by atoms with Crippen LogP contribution in [-0.2, 0) is 16.1 Å². The molecule has 3 aromatic rings. The third-order valence-electron chi connectivity index (χ3n) is 5.97. The SMILES string of the molecule is COc1cccc(Nc2cc(CN3C(=O)N(c4ccc(SC(C)(F)F)cc4)C(=O)C3(C)C)ccn2)c1.O=C(O)C(F)(F)F. The van der Waals surface area contributed by atoms with Gasteiger partial charge in [-0.3, -0.25) is 4.79 Å². The van der Waals surface area contributed by atoms with Crippen LogP contribution in [0.3, 0.4) is 0 Å². The van der Waals surface area contributed by atoms with Crippen LogP contribution in [0.15, 0.2) is 71.8 Å². The Morgan fingerprint density at radius 1 is 1.05 bits per heavy atom. The van der Waals surface area contributed by atoms with Gasteiger partial charge in [0.15, 0.2) is 0 Å². The molecule has 2 heterocycles.